The van der Waals surface area contributed by atoms with E-state index in [2.05, 4.69) is 30.9 Å². The number of aromatic nitrogens is 3. The van der Waals surface area contributed by atoms with Gasteiger partial charge in [0.2, 0.25) is 0 Å². The van der Waals surface area contributed by atoms with Gasteiger partial charge >= 0.3 is 0 Å². The maximum atomic E-state index is 5.94. The molecule has 0 fully saturated rings. The maximum Gasteiger partial charge on any atom is 0.178 e. The first kappa shape index (κ1) is 11.7. The number of nitrogens with zero attached hydrogens (tertiary/aromatic N) is 2. The smallest absolute Gasteiger partial charge is 0.178 e. The number of hydrogen-bond acceptors (Lipinski definition) is 2. The van der Waals surface area contributed by atoms with E-state index in [-0.39, 0.29) is 0 Å². The second-order valence-corrected chi connectivity index (χ2v) is 5.33. The van der Waals surface area contributed by atoms with Gasteiger partial charge in [-0.3, -0.25) is 0 Å². The number of aromatic amines is 1. The summed E-state index contributed by atoms with van der Waals surface area (Å²) < 4.78 is 0.909. The molecule has 0 amide bonds. The average molecular weight is 323 g/mol. The van der Waals surface area contributed by atoms with Gasteiger partial charge in [-0.15, -0.1) is 0 Å². The SMILES string of the molecule is Cc1ccnc2nc(-c3ccc(Cl)cc3Br)[nH]c12. The number of halogens is 2. The third-order valence-corrected chi connectivity index (χ3v) is 3.68. The second-order valence-electron chi connectivity index (χ2n) is 4.04. The van der Waals surface area contributed by atoms with Crippen molar-refractivity contribution in [2.45, 2.75) is 6.92 Å². The van der Waals surface area contributed by atoms with Gasteiger partial charge in [-0.05, 0) is 52.7 Å². The summed E-state index contributed by atoms with van der Waals surface area (Å²) in [6.45, 7) is 2.03. The van der Waals surface area contributed by atoms with Crippen molar-refractivity contribution >= 4 is 38.7 Å². The minimum Gasteiger partial charge on any atom is -0.336 e. The van der Waals surface area contributed by atoms with Crippen molar-refractivity contribution in [1.82, 2.24) is 15.0 Å². The Hall–Kier alpha value is -1.39. The fourth-order valence-corrected chi connectivity index (χ4v) is 2.71. The van der Waals surface area contributed by atoms with E-state index >= 15 is 0 Å². The van der Waals surface area contributed by atoms with E-state index < -0.39 is 0 Å². The van der Waals surface area contributed by atoms with Gasteiger partial charge in [0.25, 0.3) is 0 Å². The molecule has 0 spiro atoms. The molecule has 0 saturated carbocycles. The molecule has 0 unspecified atom stereocenters. The monoisotopic (exact) mass is 321 g/mol. The zero-order chi connectivity index (χ0) is 12.7. The van der Waals surface area contributed by atoms with Crippen LogP contribution in [0.2, 0.25) is 5.02 Å². The van der Waals surface area contributed by atoms with E-state index in [1.807, 2.05) is 31.2 Å². The van der Waals surface area contributed by atoms with E-state index in [0.29, 0.717) is 5.02 Å². The number of nitrogens with one attached hydrogen (secondary N) is 1. The van der Waals surface area contributed by atoms with E-state index in [9.17, 15) is 0 Å². The lowest BCUT2D eigenvalue weighted by molar-refractivity contribution is 1.29. The molecule has 0 aliphatic heterocycles. The number of rotatable bonds is 1. The van der Waals surface area contributed by atoms with Crippen LogP contribution in [0.15, 0.2) is 34.9 Å². The van der Waals surface area contributed by atoms with E-state index in [1.165, 1.54) is 0 Å². The van der Waals surface area contributed by atoms with Crippen LogP contribution in [0.1, 0.15) is 5.56 Å². The highest BCUT2D eigenvalue weighted by atomic mass is 79.9. The Morgan fingerprint density at radius 2 is 2.11 bits per heavy atom. The zero-order valence-electron chi connectivity index (χ0n) is 9.54. The Balaban J connectivity index is 2.23. The minimum atomic E-state index is 0.691. The van der Waals surface area contributed by atoms with Crippen molar-refractivity contribution in [1.29, 1.82) is 0 Å². The predicted molar refractivity (Wildman–Crippen MR) is 76.8 cm³/mol. The lowest BCUT2D eigenvalue weighted by Crippen LogP contribution is -1.82. The number of pyridine rings is 1. The number of imidazole rings is 1. The van der Waals surface area contributed by atoms with Crippen molar-refractivity contribution in [2.75, 3.05) is 0 Å². The molecule has 2 heterocycles. The van der Waals surface area contributed by atoms with Gasteiger partial charge in [-0.25, -0.2) is 9.97 Å². The quantitative estimate of drug-likeness (QED) is 0.723. The Morgan fingerprint density at radius 3 is 2.83 bits per heavy atom. The number of hydrogen-bond donors (Lipinski definition) is 1. The summed E-state index contributed by atoms with van der Waals surface area (Å²) in [6.07, 6.45) is 1.76. The summed E-state index contributed by atoms with van der Waals surface area (Å²) in [5.74, 6) is 0.787. The standard InChI is InChI=1S/C13H9BrClN3/c1-7-4-5-16-13-11(7)17-12(18-13)9-3-2-8(15)6-10(9)14/h2-6H,1H3,(H,16,17,18). The molecule has 0 saturated heterocycles. The Labute approximate surface area is 117 Å². The van der Waals surface area contributed by atoms with Gasteiger partial charge in [0, 0.05) is 21.3 Å². The number of aryl methyl sites for hydroxylation is 1. The number of H-pyrrole nitrogens is 1. The van der Waals surface area contributed by atoms with Crippen molar-refractivity contribution in [3.05, 3.63) is 45.5 Å². The molecule has 3 rings (SSSR count). The normalized spacial score (nSPS) is 11.1. The van der Waals surface area contributed by atoms with Crippen LogP contribution in [-0.4, -0.2) is 15.0 Å². The maximum absolute atomic E-state index is 5.94. The average Bonchev–Trinajstić information content (AvgIpc) is 2.74. The Morgan fingerprint density at radius 1 is 1.28 bits per heavy atom. The van der Waals surface area contributed by atoms with Crippen LogP contribution in [-0.2, 0) is 0 Å². The summed E-state index contributed by atoms with van der Waals surface area (Å²) >= 11 is 9.43. The topological polar surface area (TPSA) is 41.6 Å². The molecule has 18 heavy (non-hydrogen) atoms. The van der Waals surface area contributed by atoms with Crippen molar-refractivity contribution < 1.29 is 0 Å². The summed E-state index contributed by atoms with van der Waals surface area (Å²) in [6, 6.07) is 7.58. The van der Waals surface area contributed by atoms with Crippen molar-refractivity contribution in [2.24, 2.45) is 0 Å². The summed E-state index contributed by atoms with van der Waals surface area (Å²) in [5.41, 5.74) is 3.79. The highest BCUT2D eigenvalue weighted by Crippen LogP contribution is 2.30. The lowest BCUT2D eigenvalue weighted by atomic mass is 10.2. The van der Waals surface area contributed by atoms with Crippen LogP contribution < -0.4 is 0 Å². The van der Waals surface area contributed by atoms with Gasteiger partial charge in [-0.1, -0.05) is 11.6 Å². The van der Waals surface area contributed by atoms with Crippen LogP contribution in [0.3, 0.4) is 0 Å². The third kappa shape index (κ3) is 1.91. The Bertz CT molecular complexity index is 736. The molecule has 0 aliphatic carbocycles. The molecule has 3 nitrogen and oxygen atoms in total. The van der Waals surface area contributed by atoms with Crippen molar-refractivity contribution in [3.8, 4) is 11.4 Å². The first-order valence-corrected chi connectivity index (χ1v) is 6.59. The van der Waals surface area contributed by atoms with Crippen LogP contribution in [0, 0.1) is 6.92 Å². The van der Waals surface area contributed by atoms with Crippen LogP contribution in [0.4, 0.5) is 0 Å². The first-order valence-electron chi connectivity index (χ1n) is 5.42. The molecule has 0 aliphatic rings. The molecule has 1 N–H and O–H groups in total. The van der Waals surface area contributed by atoms with Gasteiger partial charge in [0.15, 0.2) is 5.65 Å². The molecule has 0 bridgehead atoms. The molecule has 5 heteroatoms. The number of benzene rings is 1. The second kappa shape index (κ2) is 4.37. The molecular weight excluding hydrogens is 314 g/mol. The molecule has 0 radical (unpaired) electrons. The molecule has 0 atom stereocenters. The van der Waals surface area contributed by atoms with Crippen molar-refractivity contribution in [3.63, 3.8) is 0 Å². The van der Waals surface area contributed by atoms with Crippen LogP contribution in [0.5, 0.6) is 0 Å². The van der Waals surface area contributed by atoms with Gasteiger partial charge in [0.1, 0.15) is 5.82 Å². The van der Waals surface area contributed by atoms with E-state index in [0.717, 1.165) is 32.6 Å². The third-order valence-electron chi connectivity index (χ3n) is 2.79. The molecule has 90 valence electrons. The largest absolute Gasteiger partial charge is 0.336 e. The van der Waals surface area contributed by atoms with Crippen LogP contribution in [0.25, 0.3) is 22.6 Å². The summed E-state index contributed by atoms with van der Waals surface area (Å²) in [7, 11) is 0. The minimum absolute atomic E-state index is 0.691. The molecular formula is C13H9BrClN3. The first-order chi connectivity index (χ1) is 8.65. The molecule has 1 aromatic carbocycles. The van der Waals surface area contributed by atoms with Crippen LogP contribution >= 0.6 is 27.5 Å². The summed E-state index contributed by atoms with van der Waals surface area (Å²) in [4.78, 5) is 12.0. The summed E-state index contributed by atoms with van der Waals surface area (Å²) in [5, 5.41) is 0.691. The van der Waals surface area contributed by atoms with Gasteiger partial charge in [-0.2, -0.15) is 0 Å². The fraction of sp³-hybridized carbons (Fsp3) is 0.0769. The number of fused-ring (bicyclic) bond motifs is 1. The van der Waals surface area contributed by atoms with E-state index in [4.69, 9.17) is 11.6 Å². The highest BCUT2D eigenvalue weighted by molar-refractivity contribution is 9.10. The molecule has 3 aromatic rings. The Kier molecular flexibility index (Phi) is 2.84. The highest BCUT2D eigenvalue weighted by Gasteiger charge is 2.10. The molecule has 2 aromatic heterocycles. The predicted octanol–water partition coefficient (Wildman–Crippen LogP) is 4.35. The zero-order valence-corrected chi connectivity index (χ0v) is 11.9. The fourth-order valence-electron chi connectivity index (χ4n) is 1.84. The van der Waals surface area contributed by atoms with Gasteiger partial charge < -0.3 is 4.98 Å². The van der Waals surface area contributed by atoms with Gasteiger partial charge in [0.05, 0.1) is 5.52 Å². The van der Waals surface area contributed by atoms with E-state index in [1.54, 1.807) is 6.20 Å². The lowest BCUT2D eigenvalue weighted by Gasteiger charge is -2.00.